The molecule has 0 radical (unpaired) electrons. The fourth-order valence-electron chi connectivity index (χ4n) is 2.98. The Labute approximate surface area is 152 Å². The van der Waals surface area contributed by atoms with Crippen LogP contribution in [0.5, 0.6) is 0 Å². The van der Waals surface area contributed by atoms with Gasteiger partial charge in [0.05, 0.1) is 17.1 Å². The Balaban J connectivity index is 1.48. The first-order valence-corrected chi connectivity index (χ1v) is 9.50. The Kier molecular flexibility index (Phi) is 5.81. The molecule has 0 saturated carbocycles. The van der Waals surface area contributed by atoms with Crippen molar-refractivity contribution in [1.82, 2.24) is 14.8 Å². The second-order valence-electron chi connectivity index (χ2n) is 6.28. The Morgan fingerprint density at radius 2 is 1.72 bits per heavy atom. The van der Waals surface area contributed by atoms with Crippen LogP contribution < -0.4 is 0 Å². The molecule has 0 aliphatic carbocycles. The van der Waals surface area contributed by atoms with Gasteiger partial charge in [-0.1, -0.05) is 30.3 Å². The summed E-state index contributed by atoms with van der Waals surface area (Å²) in [7, 11) is 0. The minimum Gasteiger partial charge on any atom is -0.339 e. The minimum absolute atomic E-state index is 0.0784. The largest absolute Gasteiger partial charge is 0.339 e. The van der Waals surface area contributed by atoms with Gasteiger partial charge in [0.2, 0.25) is 11.8 Å². The van der Waals surface area contributed by atoms with E-state index in [-0.39, 0.29) is 11.8 Å². The second-order valence-corrected chi connectivity index (χ2v) is 7.22. The summed E-state index contributed by atoms with van der Waals surface area (Å²) < 4.78 is 0. The third-order valence-corrected chi connectivity index (χ3v) is 5.44. The molecule has 0 bridgehead atoms. The third-order valence-electron chi connectivity index (χ3n) is 4.48. The molecule has 5 nitrogen and oxygen atoms in total. The number of aromatic nitrogens is 1. The van der Waals surface area contributed by atoms with Crippen molar-refractivity contribution in [2.45, 2.75) is 26.2 Å². The predicted molar refractivity (Wildman–Crippen MR) is 98.5 cm³/mol. The molecule has 25 heavy (non-hydrogen) atoms. The molecule has 3 rings (SSSR count). The highest BCUT2D eigenvalue weighted by Crippen LogP contribution is 2.15. The molecule has 2 aromatic rings. The summed E-state index contributed by atoms with van der Waals surface area (Å²) in [5.41, 5.74) is 2.16. The van der Waals surface area contributed by atoms with Crippen LogP contribution in [0, 0.1) is 0 Å². The number of hydrogen-bond acceptors (Lipinski definition) is 4. The lowest BCUT2D eigenvalue weighted by Crippen LogP contribution is -2.50. The molecule has 1 aliphatic heterocycles. The molecule has 0 unspecified atom stereocenters. The summed E-state index contributed by atoms with van der Waals surface area (Å²) in [5, 5.41) is 3.07. The van der Waals surface area contributed by atoms with Crippen LogP contribution in [0.4, 0.5) is 0 Å². The van der Waals surface area contributed by atoms with Crippen molar-refractivity contribution in [2.24, 2.45) is 0 Å². The van der Waals surface area contributed by atoms with Gasteiger partial charge in [-0.3, -0.25) is 9.59 Å². The molecule has 0 atom stereocenters. The fourth-order valence-corrected chi connectivity index (χ4v) is 3.78. The van der Waals surface area contributed by atoms with Crippen LogP contribution in [0.15, 0.2) is 35.7 Å². The molecule has 0 N–H and O–H groups in total. The molecule has 1 aliphatic rings. The Hall–Kier alpha value is -2.21. The summed E-state index contributed by atoms with van der Waals surface area (Å²) in [6, 6.07) is 10.4. The molecule has 132 valence electrons. The number of carbonyl (C=O) groups excluding carboxylic acids is 2. The average Bonchev–Trinajstić information content (AvgIpc) is 3.08. The van der Waals surface area contributed by atoms with Gasteiger partial charge < -0.3 is 9.80 Å². The molecule has 6 heteroatoms. The van der Waals surface area contributed by atoms with Gasteiger partial charge in [0.15, 0.2) is 0 Å². The van der Waals surface area contributed by atoms with Gasteiger partial charge in [-0.05, 0) is 12.0 Å². The predicted octanol–water partition coefficient (Wildman–Crippen LogP) is 2.16. The first-order valence-electron chi connectivity index (χ1n) is 8.62. The van der Waals surface area contributed by atoms with Crippen molar-refractivity contribution in [1.29, 1.82) is 0 Å². The monoisotopic (exact) mass is 357 g/mol. The first-order chi connectivity index (χ1) is 12.1. The standard InChI is InChI=1S/C19H23N3O2S/c1-15(23)21-9-11-22(12-10-21)19(24)13-17-14-25-18(20-17)8-7-16-5-3-2-4-6-16/h2-6,14H,7-13H2,1H3. The fraction of sp³-hybridized carbons (Fsp3) is 0.421. The van der Waals surface area contributed by atoms with E-state index in [1.165, 1.54) is 5.56 Å². The smallest absolute Gasteiger partial charge is 0.228 e. The van der Waals surface area contributed by atoms with Gasteiger partial charge in [-0.15, -0.1) is 11.3 Å². The van der Waals surface area contributed by atoms with Gasteiger partial charge in [0.1, 0.15) is 0 Å². The summed E-state index contributed by atoms with van der Waals surface area (Å²) in [6.07, 6.45) is 2.22. The van der Waals surface area contributed by atoms with E-state index in [2.05, 4.69) is 17.1 Å². The van der Waals surface area contributed by atoms with Crippen LogP contribution >= 0.6 is 11.3 Å². The van der Waals surface area contributed by atoms with Gasteiger partial charge in [0.25, 0.3) is 0 Å². The van der Waals surface area contributed by atoms with E-state index in [0.717, 1.165) is 23.5 Å². The van der Waals surface area contributed by atoms with Crippen LogP contribution in [0.1, 0.15) is 23.2 Å². The number of rotatable bonds is 5. The number of amides is 2. The summed E-state index contributed by atoms with van der Waals surface area (Å²) in [5.74, 6) is 0.178. The van der Waals surface area contributed by atoms with Crippen molar-refractivity contribution in [3.63, 3.8) is 0 Å². The minimum atomic E-state index is 0.0784. The van der Waals surface area contributed by atoms with E-state index in [4.69, 9.17) is 0 Å². The maximum absolute atomic E-state index is 12.4. The lowest BCUT2D eigenvalue weighted by atomic mass is 10.1. The SMILES string of the molecule is CC(=O)N1CCN(C(=O)Cc2csc(CCc3ccccc3)n2)CC1. The summed E-state index contributed by atoms with van der Waals surface area (Å²) in [6.45, 7) is 4.05. The highest BCUT2D eigenvalue weighted by Gasteiger charge is 2.22. The highest BCUT2D eigenvalue weighted by atomic mass is 32.1. The van der Waals surface area contributed by atoms with Crippen molar-refractivity contribution in [2.75, 3.05) is 26.2 Å². The van der Waals surface area contributed by atoms with E-state index < -0.39 is 0 Å². The van der Waals surface area contributed by atoms with E-state index >= 15 is 0 Å². The highest BCUT2D eigenvalue weighted by molar-refractivity contribution is 7.09. The first kappa shape index (κ1) is 17.6. The number of thiazole rings is 1. The van der Waals surface area contributed by atoms with E-state index in [1.54, 1.807) is 23.2 Å². The number of nitrogens with zero attached hydrogens (tertiary/aromatic N) is 3. The lowest BCUT2D eigenvalue weighted by Gasteiger charge is -2.34. The van der Waals surface area contributed by atoms with E-state index in [0.29, 0.717) is 32.6 Å². The maximum Gasteiger partial charge on any atom is 0.228 e. The molecule has 1 aromatic heterocycles. The van der Waals surface area contributed by atoms with Crippen molar-refractivity contribution in [3.8, 4) is 0 Å². The molecule has 2 amide bonds. The van der Waals surface area contributed by atoms with Gasteiger partial charge in [0, 0.05) is 44.9 Å². The molecule has 1 aromatic carbocycles. The molecule has 0 spiro atoms. The number of benzene rings is 1. The zero-order valence-electron chi connectivity index (χ0n) is 14.5. The molecular weight excluding hydrogens is 334 g/mol. The van der Waals surface area contributed by atoms with Crippen LogP contribution in [0.25, 0.3) is 0 Å². The number of piperazine rings is 1. The zero-order chi connectivity index (χ0) is 17.6. The summed E-state index contributed by atoms with van der Waals surface area (Å²) in [4.78, 5) is 32.0. The molecule has 2 heterocycles. The van der Waals surface area contributed by atoms with Crippen LogP contribution in [-0.2, 0) is 28.9 Å². The third kappa shape index (κ3) is 4.89. The molecule has 1 fully saturated rings. The Bertz CT molecular complexity index is 721. The van der Waals surface area contributed by atoms with E-state index in [1.807, 2.05) is 28.5 Å². The van der Waals surface area contributed by atoms with Crippen LogP contribution in [0.3, 0.4) is 0 Å². The molecule has 1 saturated heterocycles. The zero-order valence-corrected chi connectivity index (χ0v) is 15.3. The van der Waals surface area contributed by atoms with Crippen molar-refractivity contribution < 1.29 is 9.59 Å². The van der Waals surface area contributed by atoms with E-state index in [9.17, 15) is 9.59 Å². The maximum atomic E-state index is 12.4. The average molecular weight is 357 g/mol. The quantitative estimate of drug-likeness (QED) is 0.824. The summed E-state index contributed by atoms with van der Waals surface area (Å²) >= 11 is 1.63. The Morgan fingerprint density at radius 1 is 1.04 bits per heavy atom. The lowest BCUT2D eigenvalue weighted by molar-refractivity contribution is -0.138. The van der Waals surface area contributed by atoms with Crippen LogP contribution in [0.2, 0.25) is 0 Å². The number of aryl methyl sites for hydroxylation is 2. The van der Waals surface area contributed by atoms with Gasteiger partial charge >= 0.3 is 0 Å². The Morgan fingerprint density at radius 3 is 2.40 bits per heavy atom. The molecular formula is C19H23N3O2S. The number of hydrogen-bond donors (Lipinski definition) is 0. The van der Waals surface area contributed by atoms with Crippen molar-refractivity contribution in [3.05, 3.63) is 52.0 Å². The van der Waals surface area contributed by atoms with Gasteiger partial charge in [-0.25, -0.2) is 4.98 Å². The topological polar surface area (TPSA) is 53.5 Å². The number of carbonyl (C=O) groups is 2. The van der Waals surface area contributed by atoms with Crippen molar-refractivity contribution >= 4 is 23.2 Å². The second kappa shape index (κ2) is 8.25. The van der Waals surface area contributed by atoms with Crippen LogP contribution in [-0.4, -0.2) is 52.8 Å². The van der Waals surface area contributed by atoms with Gasteiger partial charge in [-0.2, -0.15) is 0 Å². The normalized spacial score (nSPS) is 14.6.